The molecule has 2 rings (SSSR count). The van der Waals surface area contributed by atoms with E-state index in [1.54, 1.807) is 0 Å². The zero-order chi connectivity index (χ0) is 15.8. The van der Waals surface area contributed by atoms with Crippen LogP contribution in [0.15, 0.2) is 23.8 Å². The Kier molecular flexibility index (Phi) is 3.38. The van der Waals surface area contributed by atoms with Gasteiger partial charge in [0.05, 0.1) is 4.92 Å². The van der Waals surface area contributed by atoms with Crippen molar-refractivity contribution in [2.24, 2.45) is 0 Å². The number of phenolic OH excluding ortho intramolecular Hbond substituents is 1. The van der Waals surface area contributed by atoms with Crippen molar-refractivity contribution in [2.75, 3.05) is 0 Å². The van der Waals surface area contributed by atoms with Crippen molar-refractivity contribution in [1.82, 2.24) is 0 Å². The van der Waals surface area contributed by atoms with Crippen LogP contribution in [0.4, 0.5) is 5.69 Å². The minimum absolute atomic E-state index is 0.0622. The number of non-ortho nitro benzene ring substituents is 1. The number of nitro benzene ring substituents is 1. The van der Waals surface area contributed by atoms with E-state index in [0.717, 1.165) is 24.3 Å². The number of phenols is 1. The Morgan fingerprint density at radius 3 is 2.33 bits per heavy atom. The number of rotatable bonds is 2. The van der Waals surface area contributed by atoms with Crippen LogP contribution < -0.4 is 0 Å². The summed E-state index contributed by atoms with van der Waals surface area (Å²) in [6.45, 7) is 2.79. The lowest BCUT2D eigenvalue weighted by Crippen LogP contribution is -2.41. The molecule has 110 valence electrons. The van der Waals surface area contributed by atoms with Gasteiger partial charge in [-0.3, -0.25) is 10.1 Å². The van der Waals surface area contributed by atoms with Gasteiger partial charge < -0.3 is 14.6 Å². The Hall–Kier alpha value is -2.90. The maximum absolute atomic E-state index is 11.7. The average molecular weight is 293 g/mol. The van der Waals surface area contributed by atoms with Gasteiger partial charge in [0, 0.05) is 31.5 Å². The van der Waals surface area contributed by atoms with Crippen LogP contribution in [0.2, 0.25) is 0 Å². The molecule has 0 atom stereocenters. The van der Waals surface area contributed by atoms with Gasteiger partial charge in [0.2, 0.25) is 0 Å². The van der Waals surface area contributed by atoms with Crippen molar-refractivity contribution >= 4 is 23.7 Å². The highest BCUT2D eigenvalue weighted by Crippen LogP contribution is 2.28. The number of esters is 2. The minimum Gasteiger partial charge on any atom is -0.507 e. The lowest BCUT2D eigenvalue weighted by Gasteiger charge is -2.29. The molecule has 0 aliphatic carbocycles. The van der Waals surface area contributed by atoms with Crippen molar-refractivity contribution in [2.45, 2.75) is 19.6 Å². The van der Waals surface area contributed by atoms with E-state index < -0.39 is 28.2 Å². The lowest BCUT2D eigenvalue weighted by molar-refractivity contribution is -0.384. The van der Waals surface area contributed by atoms with Gasteiger partial charge in [-0.25, -0.2) is 9.59 Å². The van der Waals surface area contributed by atoms with Crippen LogP contribution in [-0.4, -0.2) is 27.8 Å². The molecule has 1 N–H and O–H groups in total. The zero-order valence-electron chi connectivity index (χ0n) is 11.2. The summed E-state index contributed by atoms with van der Waals surface area (Å²) < 4.78 is 9.76. The van der Waals surface area contributed by atoms with E-state index in [0.29, 0.717) is 0 Å². The van der Waals surface area contributed by atoms with Gasteiger partial charge in [0.1, 0.15) is 11.3 Å². The maximum Gasteiger partial charge on any atom is 0.348 e. The van der Waals surface area contributed by atoms with Crippen molar-refractivity contribution in [3.05, 3.63) is 39.4 Å². The van der Waals surface area contributed by atoms with Crippen LogP contribution in [0.5, 0.6) is 5.75 Å². The third-order valence-corrected chi connectivity index (χ3v) is 2.64. The minimum atomic E-state index is -1.38. The van der Waals surface area contributed by atoms with Crippen molar-refractivity contribution in [3.63, 3.8) is 0 Å². The van der Waals surface area contributed by atoms with E-state index in [1.807, 2.05) is 0 Å². The Balaban J connectivity index is 2.44. The molecule has 1 saturated heterocycles. The molecule has 1 fully saturated rings. The summed E-state index contributed by atoms with van der Waals surface area (Å²) >= 11 is 0. The normalized spacial score (nSPS) is 17.0. The first-order valence-corrected chi connectivity index (χ1v) is 5.85. The largest absolute Gasteiger partial charge is 0.507 e. The molecule has 1 aromatic rings. The molecule has 0 saturated carbocycles. The second kappa shape index (κ2) is 4.89. The topological polar surface area (TPSA) is 116 Å². The number of nitrogens with zero attached hydrogens (tertiary/aromatic N) is 1. The van der Waals surface area contributed by atoms with Gasteiger partial charge in [-0.2, -0.15) is 0 Å². The number of carbonyl (C=O) groups is 2. The molecule has 8 nitrogen and oxygen atoms in total. The summed E-state index contributed by atoms with van der Waals surface area (Å²) in [4.78, 5) is 33.5. The number of ether oxygens (including phenoxy) is 2. The number of aromatic hydroxyl groups is 1. The molecule has 0 aromatic heterocycles. The molecule has 1 heterocycles. The van der Waals surface area contributed by atoms with Gasteiger partial charge in [0.25, 0.3) is 11.5 Å². The summed E-state index contributed by atoms with van der Waals surface area (Å²) in [6, 6.07) is 3.22. The predicted octanol–water partition coefficient (Wildman–Crippen LogP) is 1.52. The van der Waals surface area contributed by atoms with E-state index in [-0.39, 0.29) is 17.0 Å². The number of benzene rings is 1. The van der Waals surface area contributed by atoms with Crippen LogP contribution in [0.3, 0.4) is 0 Å². The highest BCUT2D eigenvalue weighted by atomic mass is 16.7. The smallest absolute Gasteiger partial charge is 0.348 e. The highest BCUT2D eigenvalue weighted by molar-refractivity contribution is 6.19. The molecule has 0 amide bonds. The third kappa shape index (κ3) is 2.99. The quantitative estimate of drug-likeness (QED) is 0.289. The van der Waals surface area contributed by atoms with Crippen molar-refractivity contribution < 1.29 is 29.1 Å². The van der Waals surface area contributed by atoms with E-state index in [9.17, 15) is 24.8 Å². The predicted molar refractivity (Wildman–Crippen MR) is 69.0 cm³/mol. The highest BCUT2D eigenvalue weighted by Gasteiger charge is 2.39. The molecule has 1 aliphatic heterocycles. The Morgan fingerprint density at radius 2 is 1.81 bits per heavy atom. The summed E-state index contributed by atoms with van der Waals surface area (Å²) in [5, 5.41) is 20.3. The van der Waals surface area contributed by atoms with Crippen LogP contribution in [0, 0.1) is 10.1 Å². The fraction of sp³-hybridized carbons (Fsp3) is 0.231. The maximum atomic E-state index is 11.7. The number of nitro groups is 1. The van der Waals surface area contributed by atoms with E-state index in [4.69, 9.17) is 9.47 Å². The molecular weight excluding hydrogens is 282 g/mol. The third-order valence-electron chi connectivity index (χ3n) is 2.64. The second-order valence-corrected chi connectivity index (χ2v) is 4.74. The number of cyclic esters (lactones) is 2. The lowest BCUT2D eigenvalue weighted by atomic mass is 10.1. The van der Waals surface area contributed by atoms with Gasteiger partial charge >= 0.3 is 11.9 Å². The molecule has 0 bridgehead atoms. The summed E-state index contributed by atoms with van der Waals surface area (Å²) in [5.41, 5.74) is -0.810. The van der Waals surface area contributed by atoms with E-state index in [2.05, 4.69) is 0 Å². The van der Waals surface area contributed by atoms with E-state index in [1.165, 1.54) is 13.8 Å². The van der Waals surface area contributed by atoms with Crippen LogP contribution in [-0.2, 0) is 19.1 Å². The zero-order valence-corrected chi connectivity index (χ0v) is 11.2. The summed E-state index contributed by atoms with van der Waals surface area (Å²) in [7, 11) is 0. The summed E-state index contributed by atoms with van der Waals surface area (Å²) in [6.07, 6.45) is 0.988. The molecular formula is C13H11NO7. The van der Waals surface area contributed by atoms with Crippen molar-refractivity contribution in [3.8, 4) is 5.75 Å². The first-order valence-electron chi connectivity index (χ1n) is 5.85. The van der Waals surface area contributed by atoms with Gasteiger partial charge in [-0.15, -0.1) is 0 Å². The molecule has 0 radical (unpaired) electrons. The van der Waals surface area contributed by atoms with Gasteiger partial charge in [-0.05, 0) is 12.1 Å². The van der Waals surface area contributed by atoms with Gasteiger partial charge in [0.15, 0.2) is 0 Å². The first-order chi connectivity index (χ1) is 9.69. The Bertz CT molecular complexity index is 653. The molecule has 0 unspecified atom stereocenters. The first kappa shape index (κ1) is 14.5. The Morgan fingerprint density at radius 1 is 1.24 bits per heavy atom. The number of hydrogen-bond acceptors (Lipinski definition) is 7. The van der Waals surface area contributed by atoms with E-state index >= 15 is 0 Å². The van der Waals surface area contributed by atoms with Gasteiger partial charge in [-0.1, -0.05) is 0 Å². The summed E-state index contributed by atoms with van der Waals surface area (Å²) in [5.74, 6) is -3.56. The Labute approximate surface area is 118 Å². The molecule has 8 heteroatoms. The standard InChI is InChI=1S/C13H11NO7/c1-13(2)20-11(16)9(12(17)21-13)6-7-5-8(14(18)19)3-4-10(7)15/h3-6,15H,1-2H3. The fourth-order valence-corrected chi connectivity index (χ4v) is 1.71. The SMILES string of the molecule is CC1(C)OC(=O)C(=Cc2cc([N+](=O)[O-])ccc2O)C(=O)O1. The van der Waals surface area contributed by atoms with Crippen molar-refractivity contribution in [1.29, 1.82) is 0 Å². The number of hydrogen-bond donors (Lipinski definition) is 1. The average Bonchev–Trinajstić information content (AvgIpc) is 2.34. The molecule has 1 aliphatic rings. The van der Waals surface area contributed by atoms with Crippen LogP contribution in [0.25, 0.3) is 6.08 Å². The molecule has 0 spiro atoms. The fourth-order valence-electron chi connectivity index (χ4n) is 1.71. The van der Waals surface area contributed by atoms with Crippen LogP contribution in [0.1, 0.15) is 19.4 Å². The monoisotopic (exact) mass is 293 g/mol. The number of carbonyl (C=O) groups excluding carboxylic acids is 2. The molecule has 1 aromatic carbocycles. The molecule has 21 heavy (non-hydrogen) atoms. The van der Waals surface area contributed by atoms with Crippen LogP contribution >= 0.6 is 0 Å². The second-order valence-electron chi connectivity index (χ2n) is 4.74.